The molecule has 2 saturated heterocycles. The molecule has 0 aromatic heterocycles. The number of amides is 1. The van der Waals surface area contributed by atoms with Crippen molar-refractivity contribution in [3.05, 3.63) is 35.9 Å². The van der Waals surface area contributed by atoms with Gasteiger partial charge in [0.1, 0.15) is 0 Å². The summed E-state index contributed by atoms with van der Waals surface area (Å²) in [5, 5.41) is 3.68. The van der Waals surface area contributed by atoms with E-state index in [1.54, 1.807) is 0 Å². The van der Waals surface area contributed by atoms with E-state index in [2.05, 4.69) is 40.5 Å². The molecule has 1 saturated carbocycles. The first-order valence-corrected chi connectivity index (χ1v) is 8.85. The maximum Gasteiger partial charge on any atom is 0.229 e. The number of nitrogens with zero attached hydrogens (tertiary/aromatic N) is 1. The van der Waals surface area contributed by atoms with E-state index in [0.29, 0.717) is 18.0 Å². The van der Waals surface area contributed by atoms with E-state index < -0.39 is 0 Å². The molecule has 23 heavy (non-hydrogen) atoms. The van der Waals surface area contributed by atoms with Crippen LogP contribution in [0.25, 0.3) is 0 Å². The van der Waals surface area contributed by atoms with Crippen LogP contribution < -0.4 is 5.32 Å². The maximum atomic E-state index is 13.2. The number of hydrogen-bond acceptors (Lipinski definition) is 2. The summed E-state index contributed by atoms with van der Waals surface area (Å²) in [5.41, 5.74) is 1.20. The summed E-state index contributed by atoms with van der Waals surface area (Å²) >= 11 is 0. The van der Waals surface area contributed by atoms with Gasteiger partial charge < -0.3 is 10.2 Å². The number of carbonyl (C=O) groups is 1. The van der Waals surface area contributed by atoms with Gasteiger partial charge in [-0.15, -0.1) is 12.4 Å². The van der Waals surface area contributed by atoms with Crippen molar-refractivity contribution in [2.24, 2.45) is 5.41 Å². The van der Waals surface area contributed by atoms with Crippen molar-refractivity contribution in [2.45, 2.75) is 57.0 Å². The lowest BCUT2D eigenvalue weighted by atomic mass is 9.64. The van der Waals surface area contributed by atoms with E-state index in [-0.39, 0.29) is 17.8 Å². The number of benzene rings is 1. The topological polar surface area (TPSA) is 32.3 Å². The number of carbonyl (C=O) groups excluding carboxylic acids is 1. The summed E-state index contributed by atoms with van der Waals surface area (Å²) in [5.74, 6) is 0.428. The van der Waals surface area contributed by atoms with Crippen molar-refractivity contribution >= 4 is 18.3 Å². The van der Waals surface area contributed by atoms with E-state index >= 15 is 0 Å². The van der Waals surface area contributed by atoms with Gasteiger partial charge in [-0.1, -0.05) is 36.8 Å². The number of rotatable bonds is 3. The molecule has 3 aliphatic rings. The van der Waals surface area contributed by atoms with Gasteiger partial charge in [0, 0.05) is 25.2 Å². The lowest BCUT2D eigenvalue weighted by Gasteiger charge is -2.44. The molecule has 3 nitrogen and oxygen atoms in total. The van der Waals surface area contributed by atoms with Crippen molar-refractivity contribution in [3.8, 4) is 0 Å². The van der Waals surface area contributed by atoms with Gasteiger partial charge >= 0.3 is 0 Å². The molecule has 1 N–H and O–H groups in total. The van der Waals surface area contributed by atoms with Gasteiger partial charge in [0.15, 0.2) is 0 Å². The first-order valence-electron chi connectivity index (χ1n) is 8.85. The zero-order valence-corrected chi connectivity index (χ0v) is 14.5. The number of nitrogens with one attached hydrogen (secondary N) is 1. The number of likely N-dealkylation sites (tertiary alicyclic amines) is 1. The van der Waals surface area contributed by atoms with Gasteiger partial charge in [-0.2, -0.15) is 0 Å². The minimum absolute atomic E-state index is 0. The van der Waals surface area contributed by atoms with E-state index in [0.717, 1.165) is 38.8 Å². The summed E-state index contributed by atoms with van der Waals surface area (Å²) < 4.78 is 0. The van der Waals surface area contributed by atoms with Crippen LogP contribution in [0.3, 0.4) is 0 Å². The monoisotopic (exact) mass is 334 g/mol. The molecular formula is C19H27ClN2O. The number of fused-ring (bicyclic) bond motifs is 2. The average molecular weight is 335 g/mol. The molecule has 2 heterocycles. The standard InChI is InChI=1S/C19H26N2O.ClH/c22-18(21-12-9-16-7-8-17(14-21)20-16)19(10-4-11-19)13-15-5-2-1-3-6-15;/h1-3,5-6,16-17,20H,4,7-14H2;1H. The molecule has 2 aliphatic heterocycles. The fourth-order valence-electron chi connectivity index (χ4n) is 4.52. The van der Waals surface area contributed by atoms with E-state index in [1.165, 1.54) is 24.8 Å². The summed E-state index contributed by atoms with van der Waals surface area (Å²) in [7, 11) is 0. The molecule has 126 valence electrons. The van der Waals surface area contributed by atoms with Crippen molar-refractivity contribution in [3.63, 3.8) is 0 Å². The Hall–Kier alpha value is -1.06. The van der Waals surface area contributed by atoms with Crippen molar-refractivity contribution in [1.82, 2.24) is 10.2 Å². The van der Waals surface area contributed by atoms with Gasteiger partial charge in [-0.05, 0) is 44.1 Å². The van der Waals surface area contributed by atoms with Gasteiger partial charge in [0.2, 0.25) is 5.91 Å². The minimum atomic E-state index is -0.106. The summed E-state index contributed by atoms with van der Waals surface area (Å²) in [6, 6.07) is 11.7. The summed E-state index contributed by atoms with van der Waals surface area (Å²) in [6.45, 7) is 1.87. The molecule has 1 aromatic rings. The largest absolute Gasteiger partial charge is 0.341 e. The molecule has 0 radical (unpaired) electrons. The third-order valence-electron chi connectivity index (χ3n) is 5.96. The Morgan fingerprint density at radius 3 is 2.57 bits per heavy atom. The highest BCUT2D eigenvalue weighted by atomic mass is 35.5. The quantitative estimate of drug-likeness (QED) is 0.920. The Balaban J connectivity index is 0.00000156. The van der Waals surface area contributed by atoms with Gasteiger partial charge in [0.05, 0.1) is 5.41 Å². The first-order chi connectivity index (χ1) is 10.8. The highest BCUT2D eigenvalue weighted by molar-refractivity contribution is 5.85. The molecule has 4 heteroatoms. The molecule has 2 bridgehead atoms. The fourth-order valence-corrected chi connectivity index (χ4v) is 4.52. The number of hydrogen-bond donors (Lipinski definition) is 1. The molecule has 3 fully saturated rings. The Kier molecular flexibility index (Phi) is 4.98. The highest BCUT2D eigenvalue weighted by Gasteiger charge is 2.47. The van der Waals surface area contributed by atoms with Gasteiger partial charge in [0.25, 0.3) is 0 Å². The number of halogens is 1. The Morgan fingerprint density at radius 1 is 1.13 bits per heavy atom. The molecule has 2 unspecified atom stereocenters. The third-order valence-corrected chi connectivity index (χ3v) is 5.96. The predicted molar refractivity (Wildman–Crippen MR) is 94.8 cm³/mol. The van der Waals surface area contributed by atoms with Crippen LogP contribution in [0.5, 0.6) is 0 Å². The Bertz CT molecular complexity index is 544. The van der Waals surface area contributed by atoms with Crippen molar-refractivity contribution in [1.29, 1.82) is 0 Å². The van der Waals surface area contributed by atoms with Crippen LogP contribution in [0.4, 0.5) is 0 Å². The SMILES string of the molecule is Cl.O=C(N1CCC2CCC(C1)N2)C1(Cc2ccccc2)CCC1. The minimum Gasteiger partial charge on any atom is -0.341 e. The lowest BCUT2D eigenvalue weighted by molar-refractivity contribution is -0.147. The zero-order valence-electron chi connectivity index (χ0n) is 13.7. The molecule has 4 rings (SSSR count). The molecular weight excluding hydrogens is 308 g/mol. The van der Waals surface area contributed by atoms with Crippen molar-refractivity contribution in [2.75, 3.05) is 13.1 Å². The molecule has 1 aromatic carbocycles. The maximum absolute atomic E-state index is 13.2. The third kappa shape index (κ3) is 3.27. The molecule has 1 amide bonds. The summed E-state index contributed by atoms with van der Waals surface area (Å²) in [6.07, 6.45) is 7.92. The van der Waals surface area contributed by atoms with Crippen LogP contribution in [0.15, 0.2) is 30.3 Å². The highest BCUT2D eigenvalue weighted by Crippen LogP contribution is 2.45. The second-order valence-electron chi connectivity index (χ2n) is 7.47. The first kappa shape index (κ1) is 16.8. The van der Waals surface area contributed by atoms with Crippen LogP contribution in [0.2, 0.25) is 0 Å². The average Bonchev–Trinajstić information content (AvgIpc) is 2.83. The van der Waals surface area contributed by atoms with Crippen LogP contribution in [0, 0.1) is 5.41 Å². The van der Waals surface area contributed by atoms with E-state index in [4.69, 9.17) is 0 Å². The van der Waals surface area contributed by atoms with Crippen LogP contribution >= 0.6 is 12.4 Å². The van der Waals surface area contributed by atoms with Crippen molar-refractivity contribution < 1.29 is 4.79 Å². The fraction of sp³-hybridized carbons (Fsp3) is 0.632. The Labute approximate surface area is 145 Å². The second-order valence-corrected chi connectivity index (χ2v) is 7.47. The zero-order chi connectivity index (χ0) is 15.0. The molecule has 1 aliphatic carbocycles. The van der Waals surface area contributed by atoms with Gasteiger partial charge in [-0.3, -0.25) is 4.79 Å². The lowest BCUT2D eigenvalue weighted by Crippen LogP contribution is -2.51. The predicted octanol–water partition coefficient (Wildman–Crippen LogP) is 3.17. The normalized spacial score (nSPS) is 28.4. The van der Waals surface area contributed by atoms with E-state index in [1.807, 2.05) is 0 Å². The second kappa shape index (κ2) is 6.82. The Morgan fingerprint density at radius 2 is 1.87 bits per heavy atom. The smallest absolute Gasteiger partial charge is 0.229 e. The van der Waals surface area contributed by atoms with Gasteiger partial charge in [-0.25, -0.2) is 0 Å². The summed E-state index contributed by atoms with van der Waals surface area (Å²) in [4.78, 5) is 15.4. The van der Waals surface area contributed by atoms with E-state index in [9.17, 15) is 4.79 Å². The molecule has 0 spiro atoms. The molecule has 2 atom stereocenters. The van der Waals surface area contributed by atoms with Crippen LogP contribution in [-0.2, 0) is 11.2 Å². The van der Waals surface area contributed by atoms with Crippen LogP contribution in [-0.4, -0.2) is 36.0 Å². The van der Waals surface area contributed by atoms with Crippen LogP contribution in [0.1, 0.15) is 44.1 Å².